The Morgan fingerprint density at radius 1 is 1.17 bits per heavy atom. The SMILES string of the molecule is C=CCn1c([C@H]2COc3ccccc3O2)nn(CN(C)Cc2ccccc2)c1=S. The standard InChI is InChI=1S/C22H24N4O2S/c1-3-13-25-21(20-15-27-18-11-7-8-12-19(18)28-20)23-26(22(25)29)16-24(2)14-17-9-5-4-6-10-17/h3-12,20H,1,13-16H2,2H3/t20-/m1/s1. The summed E-state index contributed by atoms with van der Waals surface area (Å²) in [4.78, 5) is 2.17. The fourth-order valence-electron chi connectivity index (χ4n) is 3.41. The van der Waals surface area contributed by atoms with Crippen molar-refractivity contribution in [1.29, 1.82) is 0 Å². The Morgan fingerprint density at radius 2 is 1.90 bits per heavy atom. The second kappa shape index (κ2) is 8.63. The van der Waals surface area contributed by atoms with Crippen molar-refractivity contribution in [2.24, 2.45) is 0 Å². The summed E-state index contributed by atoms with van der Waals surface area (Å²) in [6.45, 7) is 6.20. The van der Waals surface area contributed by atoms with Gasteiger partial charge in [-0.2, -0.15) is 5.10 Å². The van der Waals surface area contributed by atoms with Gasteiger partial charge in [-0.05, 0) is 37.0 Å². The molecule has 0 saturated heterocycles. The molecule has 0 aliphatic carbocycles. The summed E-state index contributed by atoms with van der Waals surface area (Å²) in [6.07, 6.45) is 1.49. The number of benzene rings is 2. The van der Waals surface area contributed by atoms with Crippen LogP contribution in [0.2, 0.25) is 0 Å². The van der Waals surface area contributed by atoms with Crippen LogP contribution in [0.4, 0.5) is 0 Å². The van der Waals surface area contributed by atoms with E-state index in [1.165, 1.54) is 5.56 Å². The number of hydrogen-bond donors (Lipinski definition) is 0. The van der Waals surface area contributed by atoms with Gasteiger partial charge in [-0.3, -0.25) is 9.47 Å². The van der Waals surface area contributed by atoms with Crippen LogP contribution in [0.5, 0.6) is 11.5 Å². The Morgan fingerprint density at radius 3 is 2.66 bits per heavy atom. The van der Waals surface area contributed by atoms with Gasteiger partial charge in [0, 0.05) is 13.1 Å². The van der Waals surface area contributed by atoms with E-state index in [4.69, 9.17) is 26.8 Å². The Kier molecular flexibility index (Phi) is 5.78. The van der Waals surface area contributed by atoms with Crippen LogP contribution in [-0.4, -0.2) is 32.9 Å². The molecule has 1 aliphatic rings. The lowest BCUT2D eigenvalue weighted by atomic mass is 10.2. The summed E-state index contributed by atoms with van der Waals surface area (Å²) in [7, 11) is 2.05. The van der Waals surface area contributed by atoms with E-state index in [0.29, 0.717) is 24.6 Å². The molecule has 0 N–H and O–H groups in total. The highest BCUT2D eigenvalue weighted by atomic mass is 32.1. The normalized spacial score (nSPS) is 15.4. The Hall–Kier alpha value is -2.90. The van der Waals surface area contributed by atoms with E-state index in [-0.39, 0.29) is 6.10 Å². The second-order valence-electron chi connectivity index (χ2n) is 7.05. The number of allylic oxidation sites excluding steroid dienone is 1. The zero-order valence-corrected chi connectivity index (χ0v) is 17.2. The maximum Gasteiger partial charge on any atom is 0.199 e. The Bertz CT molecular complexity index is 1040. The van der Waals surface area contributed by atoms with Crippen molar-refractivity contribution in [3.05, 3.63) is 83.4 Å². The molecule has 29 heavy (non-hydrogen) atoms. The maximum absolute atomic E-state index is 6.16. The summed E-state index contributed by atoms with van der Waals surface area (Å²) >= 11 is 5.70. The number of hydrogen-bond acceptors (Lipinski definition) is 5. The van der Waals surface area contributed by atoms with Gasteiger partial charge >= 0.3 is 0 Å². The summed E-state index contributed by atoms with van der Waals surface area (Å²) in [6, 6.07) is 18.0. The van der Waals surface area contributed by atoms with E-state index in [1.54, 1.807) is 0 Å². The molecular formula is C22H24N4O2S. The summed E-state index contributed by atoms with van der Waals surface area (Å²) in [5.41, 5.74) is 1.24. The third-order valence-corrected chi connectivity index (χ3v) is 5.16. The van der Waals surface area contributed by atoms with Crippen LogP contribution in [0.1, 0.15) is 17.5 Å². The van der Waals surface area contributed by atoms with E-state index in [9.17, 15) is 0 Å². The smallest absolute Gasteiger partial charge is 0.199 e. The topological polar surface area (TPSA) is 44.5 Å². The Balaban J connectivity index is 1.57. The quantitative estimate of drug-likeness (QED) is 0.433. The zero-order valence-electron chi connectivity index (χ0n) is 16.4. The first-order chi connectivity index (χ1) is 14.2. The van der Waals surface area contributed by atoms with Crippen LogP contribution in [0.15, 0.2) is 67.3 Å². The number of fused-ring (bicyclic) bond motifs is 1. The van der Waals surface area contributed by atoms with Crippen molar-refractivity contribution in [1.82, 2.24) is 19.2 Å². The molecule has 0 amide bonds. The molecule has 0 bridgehead atoms. The van der Waals surface area contributed by atoms with Gasteiger partial charge in [0.15, 0.2) is 28.2 Å². The minimum atomic E-state index is -0.327. The molecule has 1 aliphatic heterocycles. The molecule has 0 spiro atoms. The van der Waals surface area contributed by atoms with Crippen LogP contribution in [0.3, 0.4) is 0 Å². The summed E-state index contributed by atoms with van der Waals surface area (Å²) in [5, 5.41) is 4.79. The molecule has 4 rings (SSSR count). The maximum atomic E-state index is 6.16. The minimum Gasteiger partial charge on any atom is -0.485 e. The summed E-state index contributed by atoms with van der Waals surface area (Å²) in [5.74, 6) is 2.22. The molecule has 1 atom stereocenters. The van der Waals surface area contributed by atoms with Crippen molar-refractivity contribution < 1.29 is 9.47 Å². The van der Waals surface area contributed by atoms with Gasteiger partial charge < -0.3 is 9.47 Å². The molecule has 0 saturated carbocycles. The van der Waals surface area contributed by atoms with E-state index in [0.717, 1.165) is 23.9 Å². The number of nitrogens with zero attached hydrogens (tertiary/aromatic N) is 4. The van der Waals surface area contributed by atoms with Crippen molar-refractivity contribution in [2.45, 2.75) is 25.9 Å². The molecule has 2 heterocycles. The van der Waals surface area contributed by atoms with E-state index in [1.807, 2.05) is 57.8 Å². The van der Waals surface area contributed by atoms with Gasteiger partial charge in [0.05, 0.1) is 6.67 Å². The van der Waals surface area contributed by atoms with Gasteiger partial charge in [-0.25, -0.2) is 4.68 Å². The number of aromatic nitrogens is 3. The first-order valence-electron chi connectivity index (χ1n) is 9.55. The largest absolute Gasteiger partial charge is 0.485 e. The van der Waals surface area contributed by atoms with Gasteiger partial charge in [0.1, 0.15) is 6.61 Å². The third kappa shape index (κ3) is 4.26. The third-order valence-electron chi connectivity index (χ3n) is 4.73. The highest BCUT2D eigenvalue weighted by Gasteiger charge is 2.28. The molecule has 7 heteroatoms. The fraction of sp³-hybridized carbons (Fsp3) is 0.273. The monoisotopic (exact) mass is 408 g/mol. The molecule has 6 nitrogen and oxygen atoms in total. The molecule has 2 aromatic carbocycles. The predicted octanol–water partition coefficient (Wildman–Crippen LogP) is 4.20. The van der Waals surface area contributed by atoms with Gasteiger partial charge in [-0.15, -0.1) is 6.58 Å². The molecule has 1 aromatic heterocycles. The number of ether oxygens (including phenoxy) is 2. The van der Waals surface area contributed by atoms with Crippen LogP contribution >= 0.6 is 12.2 Å². The molecule has 150 valence electrons. The van der Waals surface area contributed by atoms with Gasteiger partial charge in [-0.1, -0.05) is 48.5 Å². The van der Waals surface area contributed by atoms with Crippen molar-refractivity contribution in [3.63, 3.8) is 0 Å². The van der Waals surface area contributed by atoms with Crippen molar-refractivity contribution in [2.75, 3.05) is 13.7 Å². The highest BCUT2D eigenvalue weighted by molar-refractivity contribution is 7.71. The molecule has 0 fully saturated rings. The summed E-state index contributed by atoms with van der Waals surface area (Å²) < 4.78 is 16.5. The lowest BCUT2D eigenvalue weighted by Gasteiger charge is -2.25. The number of rotatable bonds is 7. The van der Waals surface area contributed by atoms with Crippen molar-refractivity contribution >= 4 is 12.2 Å². The lowest BCUT2D eigenvalue weighted by Crippen LogP contribution is -2.25. The molecule has 0 radical (unpaired) electrons. The van der Waals surface area contributed by atoms with Crippen LogP contribution in [0.25, 0.3) is 0 Å². The van der Waals surface area contributed by atoms with Gasteiger partial charge in [0.25, 0.3) is 0 Å². The average molecular weight is 409 g/mol. The van der Waals surface area contributed by atoms with E-state index in [2.05, 4.69) is 30.7 Å². The van der Waals surface area contributed by atoms with E-state index >= 15 is 0 Å². The predicted molar refractivity (Wildman–Crippen MR) is 114 cm³/mol. The molecule has 0 unspecified atom stereocenters. The van der Waals surface area contributed by atoms with Crippen LogP contribution < -0.4 is 9.47 Å². The van der Waals surface area contributed by atoms with Crippen LogP contribution in [0, 0.1) is 4.77 Å². The first kappa shape index (κ1) is 19.4. The lowest BCUT2D eigenvalue weighted by molar-refractivity contribution is 0.0818. The average Bonchev–Trinajstić information content (AvgIpc) is 3.04. The molecular weight excluding hydrogens is 384 g/mol. The van der Waals surface area contributed by atoms with E-state index < -0.39 is 0 Å². The zero-order chi connectivity index (χ0) is 20.2. The second-order valence-corrected chi connectivity index (χ2v) is 7.41. The first-order valence-corrected chi connectivity index (χ1v) is 9.96. The molecule has 3 aromatic rings. The van der Waals surface area contributed by atoms with Crippen molar-refractivity contribution in [3.8, 4) is 11.5 Å². The number of para-hydroxylation sites is 2. The van der Waals surface area contributed by atoms with Crippen LogP contribution in [-0.2, 0) is 19.8 Å². The highest BCUT2D eigenvalue weighted by Crippen LogP contribution is 2.35. The Labute approximate surface area is 175 Å². The van der Waals surface area contributed by atoms with Gasteiger partial charge in [0.2, 0.25) is 0 Å². The fourth-order valence-corrected chi connectivity index (χ4v) is 3.68. The minimum absolute atomic E-state index is 0.327.